The van der Waals surface area contributed by atoms with E-state index in [1.807, 2.05) is 7.11 Å². The maximum absolute atomic E-state index is 6.16. The molecular weight excluding hydrogens is 246 g/mol. The van der Waals surface area contributed by atoms with Gasteiger partial charge in [0, 0.05) is 13.2 Å². The van der Waals surface area contributed by atoms with E-state index in [1.165, 1.54) is 64.2 Å². The molecule has 1 unspecified atom stereocenters. The van der Waals surface area contributed by atoms with Crippen LogP contribution >= 0.6 is 0 Å². The first-order valence-corrected chi connectivity index (χ1v) is 9.00. The minimum Gasteiger partial charge on any atom is -0.377 e. The lowest BCUT2D eigenvalue weighted by molar-refractivity contribution is -0.0862. The van der Waals surface area contributed by atoms with Gasteiger partial charge in [-0.1, -0.05) is 46.0 Å². The Balaban J connectivity index is 2.08. The molecule has 118 valence electrons. The highest BCUT2D eigenvalue weighted by Crippen LogP contribution is 2.41. The number of hydrogen-bond donors (Lipinski definition) is 1. The largest absolute Gasteiger partial charge is 0.377 e. The van der Waals surface area contributed by atoms with E-state index in [1.54, 1.807) is 0 Å². The van der Waals surface area contributed by atoms with Crippen LogP contribution in [0.5, 0.6) is 0 Å². The number of nitrogens with one attached hydrogen (secondary N) is 1. The van der Waals surface area contributed by atoms with Crippen LogP contribution in [0.25, 0.3) is 0 Å². The lowest BCUT2D eigenvalue weighted by Gasteiger charge is -2.47. The molecule has 0 aromatic carbocycles. The topological polar surface area (TPSA) is 21.3 Å². The Morgan fingerprint density at radius 1 is 1.10 bits per heavy atom. The van der Waals surface area contributed by atoms with Crippen LogP contribution in [-0.4, -0.2) is 25.3 Å². The maximum atomic E-state index is 6.16. The standard InChI is InChI=1S/C18H35NO/c1-4-14-19-17(16-10-8-15(2)9-11-16)18(20-3)12-6-5-7-13-18/h15-17,19H,4-14H2,1-3H3. The molecule has 2 heteroatoms. The molecule has 2 aliphatic carbocycles. The van der Waals surface area contributed by atoms with Crippen LogP contribution in [0.4, 0.5) is 0 Å². The van der Waals surface area contributed by atoms with Crippen molar-refractivity contribution in [2.45, 2.75) is 89.7 Å². The zero-order valence-corrected chi connectivity index (χ0v) is 13.9. The van der Waals surface area contributed by atoms with Gasteiger partial charge < -0.3 is 10.1 Å². The summed E-state index contributed by atoms with van der Waals surface area (Å²) in [6.45, 7) is 5.83. The second kappa shape index (κ2) is 7.79. The number of rotatable bonds is 6. The van der Waals surface area contributed by atoms with Crippen LogP contribution in [0.1, 0.15) is 78.1 Å². The van der Waals surface area contributed by atoms with Gasteiger partial charge in [0.1, 0.15) is 0 Å². The van der Waals surface area contributed by atoms with E-state index in [9.17, 15) is 0 Å². The number of methoxy groups -OCH3 is 1. The lowest BCUT2D eigenvalue weighted by Crippen LogP contribution is -2.57. The van der Waals surface area contributed by atoms with E-state index >= 15 is 0 Å². The molecule has 20 heavy (non-hydrogen) atoms. The third-order valence-electron chi connectivity index (χ3n) is 5.82. The average Bonchev–Trinajstić information content (AvgIpc) is 2.50. The van der Waals surface area contributed by atoms with Crippen molar-refractivity contribution in [3.63, 3.8) is 0 Å². The van der Waals surface area contributed by atoms with Gasteiger partial charge in [-0.15, -0.1) is 0 Å². The van der Waals surface area contributed by atoms with E-state index in [-0.39, 0.29) is 5.60 Å². The minimum atomic E-state index is 0.124. The summed E-state index contributed by atoms with van der Waals surface area (Å²) in [4.78, 5) is 0. The van der Waals surface area contributed by atoms with Gasteiger partial charge in [0.2, 0.25) is 0 Å². The third kappa shape index (κ3) is 3.76. The van der Waals surface area contributed by atoms with Crippen molar-refractivity contribution in [2.75, 3.05) is 13.7 Å². The van der Waals surface area contributed by atoms with Crippen LogP contribution in [0.2, 0.25) is 0 Å². The molecule has 0 bridgehead atoms. The minimum absolute atomic E-state index is 0.124. The normalized spacial score (nSPS) is 31.9. The van der Waals surface area contributed by atoms with Crippen LogP contribution in [0.15, 0.2) is 0 Å². The lowest BCUT2D eigenvalue weighted by atomic mass is 9.69. The Morgan fingerprint density at radius 3 is 2.30 bits per heavy atom. The van der Waals surface area contributed by atoms with Crippen LogP contribution in [-0.2, 0) is 4.74 Å². The first kappa shape index (κ1) is 16.3. The summed E-state index contributed by atoms with van der Waals surface area (Å²) in [5.41, 5.74) is 0.124. The molecular formula is C18H35NO. The summed E-state index contributed by atoms with van der Waals surface area (Å²) in [7, 11) is 1.96. The predicted molar refractivity (Wildman–Crippen MR) is 86.0 cm³/mol. The molecule has 0 saturated heterocycles. The van der Waals surface area contributed by atoms with Gasteiger partial charge in [-0.3, -0.25) is 0 Å². The zero-order chi connectivity index (χ0) is 14.4. The highest BCUT2D eigenvalue weighted by molar-refractivity contribution is 4.99. The Labute approximate surface area is 126 Å². The fraction of sp³-hybridized carbons (Fsp3) is 1.00. The molecule has 2 aliphatic rings. The Morgan fingerprint density at radius 2 is 1.75 bits per heavy atom. The molecule has 0 aromatic rings. The molecule has 2 nitrogen and oxygen atoms in total. The molecule has 2 fully saturated rings. The zero-order valence-electron chi connectivity index (χ0n) is 13.9. The number of hydrogen-bond acceptors (Lipinski definition) is 2. The molecule has 1 N–H and O–H groups in total. The maximum Gasteiger partial charge on any atom is 0.0833 e. The van der Waals surface area contributed by atoms with Crippen molar-refractivity contribution in [1.29, 1.82) is 0 Å². The summed E-state index contributed by atoms with van der Waals surface area (Å²) in [6.07, 6.45) is 13.5. The molecule has 0 radical (unpaired) electrons. The second-order valence-electron chi connectivity index (χ2n) is 7.28. The van der Waals surface area contributed by atoms with Crippen molar-refractivity contribution in [3.05, 3.63) is 0 Å². The molecule has 0 aliphatic heterocycles. The van der Waals surface area contributed by atoms with E-state index in [2.05, 4.69) is 19.2 Å². The quantitative estimate of drug-likeness (QED) is 0.772. The number of ether oxygens (including phenoxy) is 1. The van der Waals surface area contributed by atoms with Crippen molar-refractivity contribution >= 4 is 0 Å². The van der Waals surface area contributed by atoms with Gasteiger partial charge in [0.15, 0.2) is 0 Å². The van der Waals surface area contributed by atoms with Crippen LogP contribution in [0, 0.1) is 11.8 Å². The molecule has 0 aromatic heterocycles. The van der Waals surface area contributed by atoms with E-state index in [4.69, 9.17) is 4.74 Å². The fourth-order valence-corrected chi connectivity index (χ4v) is 4.49. The van der Waals surface area contributed by atoms with E-state index < -0.39 is 0 Å². The Hall–Kier alpha value is -0.0800. The first-order chi connectivity index (χ1) is 9.72. The van der Waals surface area contributed by atoms with Crippen molar-refractivity contribution < 1.29 is 4.74 Å². The molecule has 1 atom stereocenters. The van der Waals surface area contributed by atoms with Gasteiger partial charge in [-0.25, -0.2) is 0 Å². The van der Waals surface area contributed by atoms with Gasteiger partial charge >= 0.3 is 0 Å². The fourth-order valence-electron chi connectivity index (χ4n) is 4.49. The summed E-state index contributed by atoms with van der Waals surface area (Å²) in [5, 5.41) is 3.89. The average molecular weight is 281 g/mol. The van der Waals surface area contributed by atoms with Gasteiger partial charge in [0.05, 0.1) is 5.60 Å². The highest BCUT2D eigenvalue weighted by Gasteiger charge is 2.44. The molecule has 0 amide bonds. The smallest absolute Gasteiger partial charge is 0.0833 e. The van der Waals surface area contributed by atoms with Crippen LogP contribution < -0.4 is 5.32 Å². The van der Waals surface area contributed by atoms with Crippen molar-refractivity contribution in [3.8, 4) is 0 Å². The van der Waals surface area contributed by atoms with Gasteiger partial charge in [-0.05, 0) is 50.5 Å². The summed E-state index contributed by atoms with van der Waals surface area (Å²) in [6, 6.07) is 0.584. The molecule has 0 spiro atoms. The van der Waals surface area contributed by atoms with E-state index in [0.717, 1.165) is 18.4 Å². The van der Waals surface area contributed by atoms with Gasteiger partial charge in [-0.2, -0.15) is 0 Å². The molecule has 0 heterocycles. The van der Waals surface area contributed by atoms with Gasteiger partial charge in [0.25, 0.3) is 0 Å². The summed E-state index contributed by atoms with van der Waals surface area (Å²) < 4.78 is 6.16. The Bertz CT molecular complexity index is 265. The predicted octanol–water partition coefficient (Wildman–Crippen LogP) is 4.53. The summed E-state index contributed by atoms with van der Waals surface area (Å²) >= 11 is 0. The highest BCUT2D eigenvalue weighted by atomic mass is 16.5. The summed E-state index contributed by atoms with van der Waals surface area (Å²) in [5.74, 6) is 1.76. The van der Waals surface area contributed by atoms with Crippen LogP contribution in [0.3, 0.4) is 0 Å². The third-order valence-corrected chi connectivity index (χ3v) is 5.82. The first-order valence-electron chi connectivity index (χ1n) is 9.00. The molecule has 2 rings (SSSR count). The van der Waals surface area contributed by atoms with Crippen molar-refractivity contribution in [2.24, 2.45) is 11.8 Å². The second-order valence-corrected chi connectivity index (χ2v) is 7.28. The van der Waals surface area contributed by atoms with E-state index in [0.29, 0.717) is 6.04 Å². The monoisotopic (exact) mass is 281 g/mol. The molecule has 2 saturated carbocycles. The SMILES string of the molecule is CCCNC(C1CCC(C)CC1)C1(OC)CCCCC1. The van der Waals surface area contributed by atoms with Crippen molar-refractivity contribution in [1.82, 2.24) is 5.32 Å². The Kier molecular flexibility index (Phi) is 6.35.